The fourth-order valence-corrected chi connectivity index (χ4v) is 3.49. The van der Waals surface area contributed by atoms with Crippen molar-refractivity contribution in [3.8, 4) is 5.75 Å². The van der Waals surface area contributed by atoms with Crippen LogP contribution in [0, 0.1) is 6.92 Å². The summed E-state index contributed by atoms with van der Waals surface area (Å²) in [6, 6.07) is 7.93. The summed E-state index contributed by atoms with van der Waals surface area (Å²) in [5.41, 5.74) is 1.10. The third-order valence-electron chi connectivity index (χ3n) is 4.94. The molecule has 3 rings (SSSR count). The van der Waals surface area contributed by atoms with Crippen molar-refractivity contribution in [2.24, 2.45) is 0 Å². The zero-order chi connectivity index (χ0) is 16.8. The summed E-state index contributed by atoms with van der Waals surface area (Å²) in [4.78, 5) is 4.82. The average molecular weight is 334 g/mol. The van der Waals surface area contributed by atoms with Crippen LogP contribution in [0.3, 0.4) is 0 Å². The van der Waals surface area contributed by atoms with Crippen LogP contribution in [0.25, 0.3) is 0 Å². The van der Waals surface area contributed by atoms with Gasteiger partial charge in [0.25, 0.3) is 0 Å². The van der Waals surface area contributed by atoms with E-state index in [2.05, 4.69) is 9.80 Å². The van der Waals surface area contributed by atoms with Crippen molar-refractivity contribution < 1.29 is 14.6 Å². The molecule has 2 fully saturated rings. The number of aryl methyl sites for hydroxylation is 1. The Labute approximate surface area is 145 Å². The van der Waals surface area contributed by atoms with Crippen LogP contribution >= 0.6 is 0 Å². The summed E-state index contributed by atoms with van der Waals surface area (Å²) in [6.45, 7) is 9.18. The number of rotatable bonds is 7. The van der Waals surface area contributed by atoms with Crippen molar-refractivity contribution >= 4 is 0 Å². The molecule has 0 spiro atoms. The number of benzene rings is 1. The maximum atomic E-state index is 10.2. The summed E-state index contributed by atoms with van der Waals surface area (Å²) in [5, 5.41) is 10.2. The van der Waals surface area contributed by atoms with E-state index in [0.717, 1.165) is 50.6 Å². The van der Waals surface area contributed by atoms with E-state index >= 15 is 0 Å². The van der Waals surface area contributed by atoms with Gasteiger partial charge in [-0.1, -0.05) is 18.2 Å². The number of para-hydroxylation sites is 1. The Morgan fingerprint density at radius 1 is 1.21 bits per heavy atom. The molecule has 2 unspecified atom stereocenters. The lowest BCUT2D eigenvalue weighted by molar-refractivity contribution is 0.0263. The Morgan fingerprint density at radius 3 is 2.67 bits per heavy atom. The van der Waals surface area contributed by atoms with Crippen molar-refractivity contribution in [1.29, 1.82) is 0 Å². The predicted octanol–water partition coefficient (Wildman–Crippen LogP) is 1.53. The van der Waals surface area contributed by atoms with Crippen LogP contribution in [0.1, 0.15) is 18.4 Å². The van der Waals surface area contributed by atoms with Gasteiger partial charge in [0.15, 0.2) is 0 Å². The van der Waals surface area contributed by atoms with E-state index < -0.39 is 6.10 Å². The first-order valence-corrected chi connectivity index (χ1v) is 9.13. The Hall–Kier alpha value is -1.14. The minimum absolute atomic E-state index is 0.348. The van der Waals surface area contributed by atoms with E-state index in [9.17, 15) is 5.11 Å². The lowest BCUT2D eigenvalue weighted by atomic mass is 10.2. The average Bonchev–Trinajstić information content (AvgIpc) is 3.09. The summed E-state index contributed by atoms with van der Waals surface area (Å²) in [5.74, 6) is 0.859. The summed E-state index contributed by atoms with van der Waals surface area (Å²) in [6.07, 6.45) is 2.39. The monoisotopic (exact) mass is 334 g/mol. The largest absolute Gasteiger partial charge is 0.491 e. The molecule has 1 aromatic carbocycles. The van der Waals surface area contributed by atoms with E-state index in [1.54, 1.807) is 0 Å². The Morgan fingerprint density at radius 2 is 1.96 bits per heavy atom. The van der Waals surface area contributed by atoms with Gasteiger partial charge in [0.1, 0.15) is 18.5 Å². The molecule has 0 bridgehead atoms. The van der Waals surface area contributed by atoms with E-state index in [1.165, 1.54) is 12.8 Å². The minimum atomic E-state index is -0.450. The number of hydrogen-bond donors (Lipinski definition) is 1. The second-order valence-electron chi connectivity index (χ2n) is 6.97. The summed E-state index contributed by atoms with van der Waals surface area (Å²) in [7, 11) is 0. The van der Waals surface area contributed by atoms with E-state index in [-0.39, 0.29) is 0 Å². The van der Waals surface area contributed by atoms with Crippen LogP contribution in [0.4, 0.5) is 0 Å². The number of β-amino-alcohol motifs (C(OH)–C–C–N with tert-alkyl or cyclic N) is 1. The first-order chi connectivity index (χ1) is 11.7. The summed E-state index contributed by atoms with van der Waals surface area (Å²) >= 11 is 0. The van der Waals surface area contributed by atoms with Crippen molar-refractivity contribution in [1.82, 2.24) is 9.80 Å². The number of hydrogen-bond acceptors (Lipinski definition) is 5. The molecule has 2 heterocycles. The third-order valence-corrected chi connectivity index (χ3v) is 4.94. The van der Waals surface area contributed by atoms with Gasteiger partial charge >= 0.3 is 0 Å². The predicted molar refractivity (Wildman–Crippen MR) is 94.5 cm³/mol. The molecule has 2 aliphatic heterocycles. The van der Waals surface area contributed by atoms with E-state index in [1.807, 2.05) is 31.2 Å². The number of ether oxygens (including phenoxy) is 2. The highest BCUT2D eigenvalue weighted by molar-refractivity contribution is 5.31. The number of aliphatic hydroxyl groups excluding tert-OH is 1. The minimum Gasteiger partial charge on any atom is -0.491 e. The molecule has 0 radical (unpaired) electrons. The number of aliphatic hydroxyl groups is 1. The molecule has 24 heavy (non-hydrogen) atoms. The molecule has 2 aliphatic rings. The maximum absolute atomic E-state index is 10.2. The standard InChI is InChI=1S/C19H30N2O3/c1-16-5-2-3-7-19(16)24-15-17(22)13-20-8-10-21(11-9-20)14-18-6-4-12-23-18/h2-3,5,7,17-18,22H,4,6,8-15H2,1H3. The first kappa shape index (κ1) is 17.7. The van der Waals surface area contributed by atoms with Crippen LogP contribution in [-0.4, -0.2) is 79.6 Å². The molecular weight excluding hydrogens is 304 g/mol. The van der Waals surface area contributed by atoms with Gasteiger partial charge in [-0.3, -0.25) is 9.80 Å². The maximum Gasteiger partial charge on any atom is 0.122 e. The second kappa shape index (κ2) is 8.81. The van der Waals surface area contributed by atoms with Crippen molar-refractivity contribution in [3.63, 3.8) is 0 Å². The van der Waals surface area contributed by atoms with Gasteiger partial charge in [-0.25, -0.2) is 0 Å². The van der Waals surface area contributed by atoms with Gasteiger partial charge in [0, 0.05) is 45.9 Å². The molecular formula is C19H30N2O3. The van der Waals surface area contributed by atoms with Crippen LogP contribution < -0.4 is 4.74 Å². The van der Waals surface area contributed by atoms with E-state index in [0.29, 0.717) is 19.3 Å². The molecule has 0 aliphatic carbocycles. The number of piperazine rings is 1. The normalized spacial score (nSPS) is 24.2. The van der Waals surface area contributed by atoms with Gasteiger partial charge in [-0.2, -0.15) is 0 Å². The number of nitrogens with zero attached hydrogens (tertiary/aromatic N) is 2. The summed E-state index contributed by atoms with van der Waals surface area (Å²) < 4.78 is 11.5. The van der Waals surface area contributed by atoms with E-state index in [4.69, 9.17) is 9.47 Å². The van der Waals surface area contributed by atoms with Crippen LogP contribution in [0.15, 0.2) is 24.3 Å². The zero-order valence-corrected chi connectivity index (χ0v) is 14.7. The van der Waals surface area contributed by atoms with Gasteiger partial charge < -0.3 is 14.6 Å². The highest BCUT2D eigenvalue weighted by Crippen LogP contribution is 2.17. The molecule has 134 valence electrons. The van der Waals surface area contributed by atoms with Gasteiger partial charge in [0.05, 0.1) is 6.10 Å². The van der Waals surface area contributed by atoms with Crippen LogP contribution in [0.2, 0.25) is 0 Å². The fraction of sp³-hybridized carbons (Fsp3) is 0.684. The molecule has 5 nitrogen and oxygen atoms in total. The van der Waals surface area contributed by atoms with Gasteiger partial charge in [-0.05, 0) is 31.4 Å². The Kier molecular flexibility index (Phi) is 6.49. The van der Waals surface area contributed by atoms with Gasteiger partial charge in [0.2, 0.25) is 0 Å². The van der Waals surface area contributed by atoms with Crippen molar-refractivity contribution in [2.45, 2.75) is 32.0 Å². The quantitative estimate of drug-likeness (QED) is 0.819. The van der Waals surface area contributed by atoms with Crippen LogP contribution in [-0.2, 0) is 4.74 Å². The smallest absolute Gasteiger partial charge is 0.122 e. The highest BCUT2D eigenvalue weighted by atomic mass is 16.5. The Bertz CT molecular complexity index is 497. The molecule has 2 saturated heterocycles. The highest BCUT2D eigenvalue weighted by Gasteiger charge is 2.23. The molecule has 0 saturated carbocycles. The lowest BCUT2D eigenvalue weighted by Gasteiger charge is -2.36. The Balaban J connectivity index is 1.34. The molecule has 1 N–H and O–H groups in total. The lowest BCUT2D eigenvalue weighted by Crippen LogP contribution is -2.50. The topological polar surface area (TPSA) is 45.2 Å². The molecule has 1 aromatic rings. The van der Waals surface area contributed by atoms with Crippen molar-refractivity contribution in [2.75, 3.05) is 52.5 Å². The first-order valence-electron chi connectivity index (χ1n) is 9.13. The molecule has 0 amide bonds. The fourth-order valence-electron chi connectivity index (χ4n) is 3.49. The SMILES string of the molecule is Cc1ccccc1OCC(O)CN1CCN(CC2CCCO2)CC1. The third kappa shape index (κ3) is 5.18. The molecule has 5 heteroatoms. The molecule has 2 atom stereocenters. The second-order valence-corrected chi connectivity index (χ2v) is 6.97. The van der Waals surface area contributed by atoms with Crippen molar-refractivity contribution in [3.05, 3.63) is 29.8 Å². The zero-order valence-electron chi connectivity index (χ0n) is 14.7. The molecule has 0 aromatic heterocycles. The van der Waals surface area contributed by atoms with Crippen LogP contribution in [0.5, 0.6) is 5.75 Å². The van der Waals surface area contributed by atoms with Gasteiger partial charge in [-0.15, -0.1) is 0 Å².